The second kappa shape index (κ2) is 5.86. The van der Waals surface area contributed by atoms with Crippen LogP contribution in [0.3, 0.4) is 0 Å². The standard InChI is InChI=1S/C23H23NO2/c1-2-16-6-8-17(9-7-16)10-11-18-13-19-15-23(20(18)14-22(25)26-23)21-5-3-4-12-24(19)21/h6-9,13-14,19,21H,2-5,12,15H2,1H3/t19-,21?,23+/m1/s1. The van der Waals surface area contributed by atoms with Crippen molar-refractivity contribution in [1.82, 2.24) is 4.90 Å². The number of nitrogens with zero attached hydrogens (tertiary/aromatic N) is 1. The number of benzene rings is 1. The molecule has 1 aliphatic carbocycles. The molecule has 0 radical (unpaired) electrons. The van der Waals surface area contributed by atoms with Gasteiger partial charge in [0.1, 0.15) is 0 Å². The van der Waals surface area contributed by atoms with E-state index in [4.69, 9.17) is 4.74 Å². The summed E-state index contributed by atoms with van der Waals surface area (Å²) < 4.78 is 5.94. The largest absolute Gasteiger partial charge is 0.449 e. The summed E-state index contributed by atoms with van der Waals surface area (Å²) in [5, 5.41) is 0. The molecule has 0 aromatic heterocycles. The summed E-state index contributed by atoms with van der Waals surface area (Å²) in [6.45, 7) is 3.25. The van der Waals surface area contributed by atoms with Crippen molar-refractivity contribution in [3.05, 3.63) is 58.7 Å². The number of carbonyl (C=O) groups is 1. The Morgan fingerprint density at radius 3 is 2.88 bits per heavy atom. The smallest absolute Gasteiger partial charge is 0.332 e. The Bertz CT molecular complexity index is 883. The van der Waals surface area contributed by atoms with Crippen LogP contribution < -0.4 is 0 Å². The molecule has 0 N–H and O–H groups in total. The van der Waals surface area contributed by atoms with Crippen molar-refractivity contribution in [2.45, 2.75) is 56.7 Å². The molecule has 4 aliphatic rings. The minimum Gasteiger partial charge on any atom is -0.449 e. The molecule has 132 valence electrons. The van der Waals surface area contributed by atoms with E-state index in [1.54, 1.807) is 6.08 Å². The third-order valence-corrected chi connectivity index (χ3v) is 6.37. The van der Waals surface area contributed by atoms with Crippen LogP contribution in [0.1, 0.15) is 43.7 Å². The molecule has 3 aliphatic heterocycles. The molecular weight excluding hydrogens is 322 g/mol. The normalized spacial score (nSPS) is 32.0. The molecule has 1 aromatic carbocycles. The Labute approximate surface area is 154 Å². The summed E-state index contributed by atoms with van der Waals surface area (Å²) in [4.78, 5) is 14.7. The van der Waals surface area contributed by atoms with E-state index in [1.165, 1.54) is 18.4 Å². The third kappa shape index (κ3) is 2.29. The summed E-state index contributed by atoms with van der Waals surface area (Å²) in [7, 11) is 0. The Morgan fingerprint density at radius 1 is 1.23 bits per heavy atom. The maximum Gasteiger partial charge on any atom is 0.332 e. The topological polar surface area (TPSA) is 29.5 Å². The maximum absolute atomic E-state index is 12.2. The fourth-order valence-corrected chi connectivity index (χ4v) is 5.13. The van der Waals surface area contributed by atoms with Crippen molar-refractivity contribution >= 4 is 5.97 Å². The summed E-state index contributed by atoms with van der Waals surface area (Å²) in [6, 6.07) is 9.08. The number of ether oxygens (including phenoxy) is 1. The van der Waals surface area contributed by atoms with Gasteiger partial charge in [-0.25, -0.2) is 4.79 Å². The Hall–Kier alpha value is -2.31. The molecule has 1 spiro atoms. The number of fused-ring (bicyclic) bond motifs is 3. The van der Waals surface area contributed by atoms with Crippen LogP contribution in [-0.2, 0) is 16.0 Å². The molecule has 5 rings (SSSR count). The number of aryl methyl sites for hydroxylation is 1. The van der Waals surface area contributed by atoms with Crippen LogP contribution in [0.2, 0.25) is 0 Å². The first-order valence-electron chi connectivity index (χ1n) is 9.74. The first-order valence-corrected chi connectivity index (χ1v) is 9.74. The highest BCUT2D eigenvalue weighted by molar-refractivity contribution is 5.90. The van der Waals surface area contributed by atoms with Crippen LogP contribution >= 0.6 is 0 Å². The minimum atomic E-state index is -0.451. The highest BCUT2D eigenvalue weighted by atomic mass is 16.6. The van der Waals surface area contributed by atoms with Crippen LogP contribution in [0.5, 0.6) is 0 Å². The zero-order chi connectivity index (χ0) is 17.7. The van der Waals surface area contributed by atoms with Gasteiger partial charge in [-0.05, 0) is 43.5 Å². The van der Waals surface area contributed by atoms with Crippen molar-refractivity contribution in [2.75, 3.05) is 6.54 Å². The number of esters is 1. The molecule has 0 saturated carbocycles. The number of hydrogen-bond donors (Lipinski definition) is 0. The van der Waals surface area contributed by atoms with Gasteiger partial charge in [0.25, 0.3) is 0 Å². The average molecular weight is 345 g/mol. The number of rotatable bonds is 1. The lowest BCUT2D eigenvalue weighted by Crippen LogP contribution is -2.48. The van der Waals surface area contributed by atoms with Gasteiger partial charge in [0, 0.05) is 35.2 Å². The molecule has 26 heavy (non-hydrogen) atoms. The van der Waals surface area contributed by atoms with E-state index in [-0.39, 0.29) is 5.97 Å². The van der Waals surface area contributed by atoms with Crippen LogP contribution in [0.4, 0.5) is 0 Å². The minimum absolute atomic E-state index is 0.201. The second-order valence-corrected chi connectivity index (χ2v) is 7.77. The van der Waals surface area contributed by atoms with E-state index in [0.29, 0.717) is 12.1 Å². The molecule has 1 aromatic rings. The molecule has 1 unspecified atom stereocenters. The molecule has 2 fully saturated rings. The molecule has 3 atom stereocenters. The van der Waals surface area contributed by atoms with E-state index < -0.39 is 5.60 Å². The first kappa shape index (κ1) is 15.9. The summed E-state index contributed by atoms with van der Waals surface area (Å²) in [5.41, 5.74) is 3.89. The monoisotopic (exact) mass is 345 g/mol. The zero-order valence-corrected chi connectivity index (χ0v) is 15.1. The molecule has 3 heteroatoms. The molecule has 0 amide bonds. The van der Waals surface area contributed by atoms with Gasteiger partial charge >= 0.3 is 5.97 Å². The average Bonchev–Trinajstić information content (AvgIpc) is 3.15. The van der Waals surface area contributed by atoms with Gasteiger partial charge < -0.3 is 4.74 Å². The predicted molar refractivity (Wildman–Crippen MR) is 100 cm³/mol. The van der Waals surface area contributed by atoms with Gasteiger partial charge in [0.2, 0.25) is 0 Å². The van der Waals surface area contributed by atoms with E-state index in [9.17, 15) is 4.79 Å². The van der Waals surface area contributed by atoms with Crippen LogP contribution in [0.25, 0.3) is 0 Å². The Balaban J connectivity index is 1.52. The second-order valence-electron chi connectivity index (χ2n) is 7.77. The van der Waals surface area contributed by atoms with Crippen molar-refractivity contribution in [2.24, 2.45) is 0 Å². The predicted octanol–water partition coefficient (Wildman–Crippen LogP) is 3.39. The molecule has 3 nitrogen and oxygen atoms in total. The fourth-order valence-electron chi connectivity index (χ4n) is 5.13. The lowest BCUT2D eigenvalue weighted by molar-refractivity contribution is -0.148. The molecule has 2 bridgehead atoms. The van der Waals surface area contributed by atoms with Crippen LogP contribution in [0, 0.1) is 11.8 Å². The van der Waals surface area contributed by atoms with Crippen molar-refractivity contribution in [3.63, 3.8) is 0 Å². The van der Waals surface area contributed by atoms with E-state index in [2.05, 4.69) is 54.0 Å². The van der Waals surface area contributed by atoms with Gasteiger partial charge in [-0.15, -0.1) is 0 Å². The van der Waals surface area contributed by atoms with E-state index in [0.717, 1.165) is 42.5 Å². The number of piperidine rings is 1. The molecule has 2 saturated heterocycles. The van der Waals surface area contributed by atoms with Crippen molar-refractivity contribution < 1.29 is 9.53 Å². The van der Waals surface area contributed by atoms with Gasteiger partial charge in [0.15, 0.2) is 5.60 Å². The summed E-state index contributed by atoms with van der Waals surface area (Å²) in [6.07, 6.45) is 9.44. The molecule has 3 heterocycles. The fraction of sp³-hybridized carbons (Fsp3) is 0.435. The number of hydrogen-bond acceptors (Lipinski definition) is 3. The van der Waals surface area contributed by atoms with Gasteiger partial charge in [-0.3, -0.25) is 4.90 Å². The van der Waals surface area contributed by atoms with Gasteiger partial charge in [0.05, 0.1) is 6.04 Å². The molecular formula is C23H23NO2. The number of carbonyl (C=O) groups excluding carboxylic acids is 1. The van der Waals surface area contributed by atoms with Gasteiger partial charge in [-0.2, -0.15) is 0 Å². The van der Waals surface area contributed by atoms with Crippen LogP contribution in [-0.4, -0.2) is 35.1 Å². The third-order valence-electron chi connectivity index (χ3n) is 6.37. The quantitative estimate of drug-likeness (QED) is 0.577. The maximum atomic E-state index is 12.2. The SMILES string of the molecule is CCc1ccc(C#CC2=C[C@@H]3C[C@@]4(OC(=O)C=C24)C2CCCCN23)cc1. The van der Waals surface area contributed by atoms with E-state index >= 15 is 0 Å². The van der Waals surface area contributed by atoms with Crippen LogP contribution in [0.15, 0.2) is 47.6 Å². The Morgan fingerprint density at radius 2 is 2.08 bits per heavy atom. The lowest BCUT2D eigenvalue weighted by Gasteiger charge is -2.38. The lowest BCUT2D eigenvalue weighted by atomic mass is 9.77. The van der Waals surface area contributed by atoms with Crippen molar-refractivity contribution in [3.8, 4) is 11.8 Å². The van der Waals surface area contributed by atoms with Crippen molar-refractivity contribution in [1.29, 1.82) is 0 Å². The highest BCUT2D eigenvalue weighted by Crippen LogP contribution is 2.53. The zero-order valence-electron chi connectivity index (χ0n) is 15.1. The van der Waals surface area contributed by atoms with E-state index in [1.807, 2.05) is 0 Å². The van der Waals surface area contributed by atoms with Gasteiger partial charge in [-0.1, -0.05) is 43.4 Å². The summed E-state index contributed by atoms with van der Waals surface area (Å²) >= 11 is 0. The first-order chi connectivity index (χ1) is 12.7. The Kier molecular flexibility index (Phi) is 3.58. The summed E-state index contributed by atoms with van der Waals surface area (Å²) in [5.74, 6) is 6.45. The highest BCUT2D eigenvalue weighted by Gasteiger charge is 2.61.